The number of amides is 2. The quantitative estimate of drug-likeness (QED) is 0.877. The summed E-state index contributed by atoms with van der Waals surface area (Å²) in [6.07, 6.45) is 4.38. The van der Waals surface area contributed by atoms with Crippen LogP contribution >= 0.6 is 0 Å². The molecule has 2 N–H and O–H groups in total. The molecule has 1 aromatic carbocycles. The van der Waals surface area contributed by atoms with Crippen LogP contribution < -0.4 is 10.6 Å². The van der Waals surface area contributed by atoms with Gasteiger partial charge in [-0.3, -0.25) is 9.59 Å². The lowest BCUT2D eigenvalue weighted by molar-refractivity contribution is -0.124. The van der Waals surface area contributed by atoms with Crippen molar-refractivity contribution in [1.82, 2.24) is 10.6 Å². The van der Waals surface area contributed by atoms with Crippen molar-refractivity contribution in [2.24, 2.45) is 11.8 Å². The highest BCUT2D eigenvalue weighted by Gasteiger charge is 2.27. The summed E-state index contributed by atoms with van der Waals surface area (Å²) < 4.78 is 0. The van der Waals surface area contributed by atoms with Gasteiger partial charge in [0.05, 0.1) is 0 Å². The number of benzene rings is 1. The molecule has 1 aromatic rings. The second-order valence-corrected chi connectivity index (χ2v) is 7.03. The molecule has 1 fully saturated rings. The number of hydrogen-bond donors (Lipinski definition) is 2. The fourth-order valence-corrected chi connectivity index (χ4v) is 3.04. The maximum Gasteiger partial charge on any atom is 0.251 e. The molecule has 0 aromatic heterocycles. The van der Waals surface area contributed by atoms with Crippen LogP contribution in [0.2, 0.25) is 0 Å². The fraction of sp³-hybridized carbons (Fsp3) is 0.579. The van der Waals surface area contributed by atoms with E-state index in [0.717, 1.165) is 31.6 Å². The van der Waals surface area contributed by atoms with Crippen molar-refractivity contribution in [1.29, 1.82) is 0 Å². The van der Waals surface area contributed by atoms with Crippen LogP contribution in [0.5, 0.6) is 0 Å². The highest BCUT2D eigenvalue weighted by atomic mass is 16.2. The van der Waals surface area contributed by atoms with E-state index in [1.165, 1.54) is 0 Å². The van der Waals surface area contributed by atoms with E-state index in [1.54, 1.807) is 12.1 Å². The summed E-state index contributed by atoms with van der Waals surface area (Å²) in [7, 11) is 0. The van der Waals surface area contributed by atoms with Gasteiger partial charge in [0, 0.05) is 11.6 Å². The van der Waals surface area contributed by atoms with Gasteiger partial charge in [-0.15, -0.1) is 0 Å². The van der Waals surface area contributed by atoms with E-state index in [9.17, 15) is 9.59 Å². The predicted octanol–water partition coefficient (Wildman–Crippen LogP) is 3.14. The van der Waals surface area contributed by atoms with Crippen LogP contribution in [-0.4, -0.2) is 23.9 Å². The van der Waals surface area contributed by atoms with Gasteiger partial charge in [0.25, 0.3) is 5.91 Å². The first kappa shape index (κ1) is 17.5. The average Bonchev–Trinajstić information content (AvgIpc) is 2.55. The van der Waals surface area contributed by atoms with Crippen molar-refractivity contribution in [3.05, 3.63) is 35.9 Å². The molecule has 1 atom stereocenters. The topological polar surface area (TPSA) is 58.2 Å². The van der Waals surface area contributed by atoms with Crippen LogP contribution in [0.25, 0.3) is 0 Å². The Balaban J connectivity index is 1.95. The van der Waals surface area contributed by atoms with Crippen molar-refractivity contribution in [2.45, 2.75) is 58.5 Å². The van der Waals surface area contributed by atoms with Crippen molar-refractivity contribution in [3.63, 3.8) is 0 Å². The van der Waals surface area contributed by atoms with Gasteiger partial charge in [-0.05, 0) is 49.7 Å². The lowest BCUT2D eigenvalue weighted by Gasteiger charge is -2.29. The predicted molar refractivity (Wildman–Crippen MR) is 92.1 cm³/mol. The highest BCUT2D eigenvalue weighted by Crippen LogP contribution is 2.23. The van der Waals surface area contributed by atoms with Gasteiger partial charge in [0.15, 0.2) is 0 Å². The Kier molecular flexibility index (Phi) is 6.20. The van der Waals surface area contributed by atoms with Crippen LogP contribution in [0.1, 0.15) is 56.8 Å². The van der Waals surface area contributed by atoms with Gasteiger partial charge in [0.1, 0.15) is 6.04 Å². The molecule has 23 heavy (non-hydrogen) atoms. The molecule has 0 bridgehead atoms. The largest absolute Gasteiger partial charge is 0.352 e. The number of nitrogens with one attached hydrogen (secondary N) is 2. The van der Waals surface area contributed by atoms with Gasteiger partial charge >= 0.3 is 0 Å². The van der Waals surface area contributed by atoms with Crippen molar-refractivity contribution >= 4 is 11.8 Å². The maximum atomic E-state index is 12.6. The molecule has 4 heteroatoms. The lowest BCUT2D eigenvalue weighted by Crippen LogP contribution is -2.52. The molecule has 1 aliphatic rings. The van der Waals surface area contributed by atoms with E-state index in [2.05, 4.69) is 17.6 Å². The molecule has 0 spiro atoms. The van der Waals surface area contributed by atoms with Gasteiger partial charge in [0.2, 0.25) is 5.91 Å². The van der Waals surface area contributed by atoms with Gasteiger partial charge in [-0.2, -0.15) is 0 Å². The molecule has 1 aliphatic carbocycles. The van der Waals surface area contributed by atoms with Crippen LogP contribution in [-0.2, 0) is 4.79 Å². The third-order valence-corrected chi connectivity index (χ3v) is 4.63. The third-order valence-electron chi connectivity index (χ3n) is 4.63. The van der Waals surface area contributed by atoms with E-state index in [4.69, 9.17) is 0 Å². The number of rotatable bonds is 5. The minimum absolute atomic E-state index is 0.0465. The molecule has 2 rings (SSSR count). The summed E-state index contributed by atoms with van der Waals surface area (Å²) in [4.78, 5) is 24.9. The summed E-state index contributed by atoms with van der Waals surface area (Å²) in [6, 6.07) is 8.77. The van der Waals surface area contributed by atoms with Crippen molar-refractivity contribution in [2.75, 3.05) is 0 Å². The number of carbonyl (C=O) groups excluding carboxylic acids is 2. The average molecular weight is 316 g/mol. The monoisotopic (exact) mass is 316 g/mol. The Bertz CT molecular complexity index is 519. The summed E-state index contributed by atoms with van der Waals surface area (Å²) in [5.41, 5.74) is 0.581. The second-order valence-electron chi connectivity index (χ2n) is 7.03. The maximum absolute atomic E-state index is 12.6. The Morgan fingerprint density at radius 3 is 2.22 bits per heavy atom. The molecule has 126 valence electrons. The first-order valence-electron chi connectivity index (χ1n) is 8.63. The molecule has 4 nitrogen and oxygen atoms in total. The first-order chi connectivity index (χ1) is 11.0. The SMILES string of the molecule is CC1CCC(NC(=O)[C@@H](NC(=O)c2ccccc2)C(C)C)CC1. The zero-order valence-electron chi connectivity index (χ0n) is 14.3. The molecule has 1 saturated carbocycles. The lowest BCUT2D eigenvalue weighted by atomic mass is 9.87. The van der Waals surface area contributed by atoms with Gasteiger partial charge in [-0.1, -0.05) is 39.0 Å². The second kappa shape index (κ2) is 8.14. The van der Waals surface area contributed by atoms with Crippen LogP contribution in [0.4, 0.5) is 0 Å². The number of carbonyl (C=O) groups is 2. The van der Waals surface area contributed by atoms with Crippen LogP contribution in [0.3, 0.4) is 0 Å². The minimum Gasteiger partial charge on any atom is -0.352 e. The number of hydrogen-bond acceptors (Lipinski definition) is 2. The van der Waals surface area contributed by atoms with E-state index < -0.39 is 6.04 Å². The van der Waals surface area contributed by atoms with E-state index in [1.807, 2.05) is 32.0 Å². The van der Waals surface area contributed by atoms with Crippen molar-refractivity contribution < 1.29 is 9.59 Å². The van der Waals surface area contributed by atoms with Crippen molar-refractivity contribution in [3.8, 4) is 0 Å². The summed E-state index contributed by atoms with van der Waals surface area (Å²) in [5, 5.41) is 6.00. The third kappa shape index (κ3) is 5.08. The summed E-state index contributed by atoms with van der Waals surface area (Å²) in [5.74, 6) is 0.535. The van der Waals surface area contributed by atoms with E-state index in [-0.39, 0.29) is 23.8 Å². The van der Waals surface area contributed by atoms with Crippen LogP contribution in [0, 0.1) is 11.8 Å². The smallest absolute Gasteiger partial charge is 0.251 e. The highest BCUT2D eigenvalue weighted by molar-refractivity contribution is 5.97. The Morgan fingerprint density at radius 1 is 1.04 bits per heavy atom. The normalized spacial score (nSPS) is 22.4. The molecule has 0 unspecified atom stereocenters. The van der Waals surface area contributed by atoms with E-state index >= 15 is 0 Å². The molecular formula is C19H28N2O2. The summed E-state index contributed by atoms with van der Waals surface area (Å²) >= 11 is 0. The molecule has 0 aliphatic heterocycles. The molecule has 0 radical (unpaired) electrons. The summed E-state index contributed by atoms with van der Waals surface area (Å²) in [6.45, 7) is 6.17. The van der Waals surface area contributed by atoms with Crippen LogP contribution in [0.15, 0.2) is 30.3 Å². The van der Waals surface area contributed by atoms with E-state index in [0.29, 0.717) is 5.56 Å². The van der Waals surface area contributed by atoms with Gasteiger partial charge < -0.3 is 10.6 Å². The fourth-order valence-electron chi connectivity index (χ4n) is 3.04. The minimum atomic E-state index is -0.498. The zero-order chi connectivity index (χ0) is 16.8. The Hall–Kier alpha value is -1.84. The first-order valence-corrected chi connectivity index (χ1v) is 8.63. The zero-order valence-corrected chi connectivity index (χ0v) is 14.3. The Morgan fingerprint density at radius 2 is 1.65 bits per heavy atom. The molecule has 2 amide bonds. The van der Waals surface area contributed by atoms with Gasteiger partial charge in [-0.25, -0.2) is 0 Å². The Labute approximate surface area is 139 Å². The standard InChI is InChI=1S/C19H28N2O2/c1-13(2)17(21-18(22)15-7-5-4-6-8-15)19(23)20-16-11-9-14(3)10-12-16/h4-8,13-14,16-17H,9-12H2,1-3H3,(H,20,23)(H,21,22)/t14?,16?,17-/m0/s1. The molecule has 0 saturated heterocycles. The molecular weight excluding hydrogens is 288 g/mol. The molecule has 0 heterocycles.